The quantitative estimate of drug-likeness (QED) is 0.897. The summed E-state index contributed by atoms with van der Waals surface area (Å²) in [5.41, 5.74) is -0.559. The number of hydrogen-bond donors (Lipinski definition) is 1. The van der Waals surface area contributed by atoms with Gasteiger partial charge in [-0.05, 0) is 12.3 Å². The molecule has 1 amide bonds. The molecule has 0 fully saturated rings. The van der Waals surface area contributed by atoms with Crippen molar-refractivity contribution in [2.75, 3.05) is 6.54 Å². The maximum atomic E-state index is 12.6. The fourth-order valence-corrected chi connectivity index (χ4v) is 3.16. The van der Waals surface area contributed by atoms with E-state index in [1.165, 1.54) is 0 Å². The second-order valence-corrected chi connectivity index (χ2v) is 7.40. The van der Waals surface area contributed by atoms with Crippen molar-refractivity contribution < 1.29 is 14.7 Å². The molecule has 1 atom stereocenters. The number of carboxylic acid groups (broad SMARTS) is 1. The van der Waals surface area contributed by atoms with Gasteiger partial charge in [-0.15, -0.1) is 10.2 Å². The second kappa shape index (κ2) is 6.29. The summed E-state index contributed by atoms with van der Waals surface area (Å²) < 4.78 is 2.10. The lowest BCUT2D eigenvalue weighted by Crippen LogP contribution is -2.43. The van der Waals surface area contributed by atoms with E-state index in [0.29, 0.717) is 19.0 Å². The van der Waals surface area contributed by atoms with E-state index >= 15 is 0 Å². The van der Waals surface area contributed by atoms with Crippen LogP contribution in [0.1, 0.15) is 71.1 Å². The van der Waals surface area contributed by atoms with E-state index in [2.05, 4.69) is 28.6 Å². The van der Waals surface area contributed by atoms with E-state index in [1.807, 2.05) is 20.8 Å². The Bertz CT molecular complexity index is 606. The summed E-state index contributed by atoms with van der Waals surface area (Å²) in [5.74, 6) is 1.15. The summed E-state index contributed by atoms with van der Waals surface area (Å²) in [6.45, 7) is 11.0. The third kappa shape index (κ3) is 3.71. The predicted octanol–water partition coefficient (Wildman–Crippen LogP) is 2.20. The third-order valence-corrected chi connectivity index (χ3v) is 4.31. The standard InChI is InChI=1S/C16H26N4O3/c1-10(2)14-17-18-15-11(3)19(6-7-20(14)15)12(21)8-16(4,5)9-13(22)23/h10-11H,6-9H2,1-5H3,(H,22,23). The van der Waals surface area contributed by atoms with Gasteiger partial charge in [0.05, 0.1) is 12.5 Å². The minimum atomic E-state index is -0.879. The topological polar surface area (TPSA) is 88.3 Å². The molecule has 23 heavy (non-hydrogen) atoms. The number of carboxylic acids is 1. The highest BCUT2D eigenvalue weighted by Gasteiger charge is 2.34. The van der Waals surface area contributed by atoms with E-state index in [-0.39, 0.29) is 24.8 Å². The molecule has 1 N–H and O–H groups in total. The Balaban J connectivity index is 2.13. The largest absolute Gasteiger partial charge is 0.481 e. The van der Waals surface area contributed by atoms with Gasteiger partial charge in [-0.1, -0.05) is 27.7 Å². The summed E-state index contributed by atoms with van der Waals surface area (Å²) in [5, 5.41) is 17.5. The zero-order valence-electron chi connectivity index (χ0n) is 14.5. The number of amides is 1. The van der Waals surface area contributed by atoms with Crippen LogP contribution in [0.5, 0.6) is 0 Å². The van der Waals surface area contributed by atoms with Gasteiger partial charge in [-0.25, -0.2) is 0 Å². The lowest BCUT2D eigenvalue weighted by molar-refractivity contribution is -0.141. The van der Waals surface area contributed by atoms with Crippen LogP contribution in [0.15, 0.2) is 0 Å². The number of aliphatic carboxylic acids is 1. The maximum Gasteiger partial charge on any atom is 0.303 e. The molecule has 0 spiro atoms. The number of aromatic nitrogens is 3. The molecule has 1 aromatic rings. The van der Waals surface area contributed by atoms with E-state index in [1.54, 1.807) is 4.90 Å². The average Bonchev–Trinajstić information content (AvgIpc) is 2.81. The number of nitrogens with zero attached hydrogens (tertiary/aromatic N) is 4. The number of carbonyl (C=O) groups excluding carboxylic acids is 1. The van der Waals surface area contributed by atoms with Crippen molar-refractivity contribution in [2.24, 2.45) is 5.41 Å². The maximum absolute atomic E-state index is 12.6. The smallest absolute Gasteiger partial charge is 0.303 e. The molecule has 1 aliphatic rings. The number of rotatable bonds is 5. The Morgan fingerprint density at radius 2 is 1.91 bits per heavy atom. The first-order valence-electron chi connectivity index (χ1n) is 8.06. The molecule has 0 bridgehead atoms. The van der Waals surface area contributed by atoms with E-state index < -0.39 is 11.4 Å². The minimum Gasteiger partial charge on any atom is -0.481 e. The monoisotopic (exact) mass is 322 g/mol. The SMILES string of the molecule is CC(C)c1nnc2n1CCN(C(=O)CC(C)(C)CC(=O)O)C2C. The van der Waals surface area contributed by atoms with Gasteiger partial charge in [0.15, 0.2) is 5.82 Å². The van der Waals surface area contributed by atoms with Crippen LogP contribution in [-0.2, 0) is 16.1 Å². The van der Waals surface area contributed by atoms with Gasteiger partial charge in [-0.2, -0.15) is 0 Å². The first-order valence-corrected chi connectivity index (χ1v) is 8.06. The van der Waals surface area contributed by atoms with Crippen molar-refractivity contribution >= 4 is 11.9 Å². The fourth-order valence-electron chi connectivity index (χ4n) is 3.16. The lowest BCUT2D eigenvalue weighted by Gasteiger charge is -2.36. The molecule has 0 radical (unpaired) electrons. The van der Waals surface area contributed by atoms with Crippen LogP contribution in [0.2, 0.25) is 0 Å². The van der Waals surface area contributed by atoms with Crippen molar-refractivity contribution in [3.8, 4) is 0 Å². The highest BCUT2D eigenvalue weighted by Crippen LogP contribution is 2.31. The molecule has 0 aromatic carbocycles. The second-order valence-electron chi connectivity index (χ2n) is 7.40. The Hall–Kier alpha value is -1.92. The minimum absolute atomic E-state index is 0.0192. The molecule has 2 rings (SSSR count). The molecule has 128 valence electrons. The molecule has 7 heteroatoms. The summed E-state index contributed by atoms with van der Waals surface area (Å²) in [7, 11) is 0. The molecule has 0 saturated heterocycles. The van der Waals surface area contributed by atoms with Crippen molar-refractivity contribution in [1.82, 2.24) is 19.7 Å². The Morgan fingerprint density at radius 1 is 1.26 bits per heavy atom. The van der Waals surface area contributed by atoms with Crippen LogP contribution in [0.3, 0.4) is 0 Å². The lowest BCUT2D eigenvalue weighted by atomic mass is 9.85. The van der Waals surface area contributed by atoms with Gasteiger partial charge < -0.3 is 14.6 Å². The fraction of sp³-hybridized carbons (Fsp3) is 0.750. The van der Waals surface area contributed by atoms with Crippen molar-refractivity contribution in [3.05, 3.63) is 11.6 Å². The van der Waals surface area contributed by atoms with Crippen LogP contribution >= 0.6 is 0 Å². The third-order valence-electron chi connectivity index (χ3n) is 4.31. The van der Waals surface area contributed by atoms with Crippen LogP contribution in [0.4, 0.5) is 0 Å². The Kier molecular flexibility index (Phi) is 4.77. The molecule has 1 aromatic heterocycles. The van der Waals surface area contributed by atoms with Crippen LogP contribution in [-0.4, -0.2) is 43.2 Å². The first kappa shape index (κ1) is 17.4. The predicted molar refractivity (Wildman–Crippen MR) is 84.9 cm³/mol. The first-order chi connectivity index (χ1) is 10.6. The van der Waals surface area contributed by atoms with E-state index in [4.69, 9.17) is 5.11 Å². The normalized spacial score (nSPS) is 18.2. The molecular formula is C16H26N4O3. The average molecular weight is 322 g/mol. The molecule has 1 unspecified atom stereocenters. The van der Waals surface area contributed by atoms with Gasteiger partial charge in [0.1, 0.15) is 5.82 Å². The van der Waals surface area contributed by atoms with Gasteiger partial charge in [0.25, 0.3) is 0 Å². The molecule has 0 saturated carbocycles. The van der Waals surface area contributed by atoms with Crippen molar-refractivity contribution in [3.63, 3.8) is 0 Å². The summed E-state index contributed by atoms with van der Waals surface area (Å²) in [6, 6.07) is -0.142. The van der Waals surface area contributed by atoms with Gasteiger partial charge >= 0.3 is 5.97 Å². The number of fused-ring (bicyclic) bond motifs is 1. The van der Waals surface area contributed by atoms with E-state index in [9.17, 15) is 9.59 Å². The van der Waals surface area contributed by atoms with Gasteiger partial charge in [-0.3, -0.25) is 9.59 Å². The van der Waals surface area contributed by atoms with Gasteiger partial charge in [0, 0.05) is 25.4 Å². The van der Waals surface area contributed by atoms with Crippen molar-refractivity contribution in [1.29, 1.82) is 0 Å². The zero-order chi connectivity index (χ0) is 17.4. The Morgan fingerprint density at radius 3 is 2.48 bits per heavy atom. The number of hydrogen-bond acceptors (Lipinski definition) is 4. The number of carbonyl (C=O) groups is 2. The highest BCUT2D eigenvalue weighted by atomic mass is 16.4. The summed E-state index contributed by atoms with van der Waals surface area (Å²) in [6.07, 6.45) is 0.198. The molecule has 0 aliphatic carbocycles. The van der Waals surface area contributed by atoms with Crippen LogP contribution in [0.25, 0.3) is 0 Å². The zero-order valence-corrected chi connectivity index (χ0v) is 14.5. The van der Waals surface area contributed by atoms with Gasteiger partial charge in [0.2, 0.25) is 5.91 Å². The molecule has 7 nitrogen and oxygen atoms in total. The van der Waals surface area contributed by atoms with Crippen LogP contribution in [0, 0.1) is 5.41 Å². The highest BCUT2D eigenvalue weighted by molar-refractivity contribution is 5.78. The summed E-state index contributed by atoms with van der Waals surface area (Å²) in [4.78, 5) is 25.3. The summed E-state index contributed by atoms with van der Waals surface area (Å²) >= 11 is 0. The molecular weight excluding hydrogens is 296 g/mol. The van der Waals surface area contributed by atoms with Crippen molar-refractivity contribution in [2.45, 2.75) is 66.0 Å². The molecule has 1 aliphatic heterocycles. The Labute approximate surface area is 136 Å². The van der Waals surface area contributed by atoms with E-state index in [0.717, 1.165) is 11.6 Å². The molecule has 2 heterocycles. The van der Waals surface area contributed by atoms with Crippen LogP contribution < -0.4 is 0 Å².